The summed E-state index contributed by atoms with van der Waals surface area (Å²) >= 11 is 7.47. The molecule has 0 saturated heterocycles. The highest BCUT2D eigenvalue weighted by molar-refractivity contribution is 6.35. The van der Waals surface area contributed by atoms with Crippen LogP contribution in [0.15, 0.2) is 192 Å². The minimum Gasteiger partial charge on any atom is -0.456 e. The maximum atomic E-state index is 7.47. The van der Waals surface area contributed by atoms with E-state index in [0.29, 0.717) is 16.5 Å². The molecule has 2 heterocycles. The standard InChI is InChI=1S/C53H39ClN2O2/c1-53(2)42-22-9-6-19-39(42)52-50(53)40-20-7-10-23-43(40)56(52)45-25-14-28-48(51(45)54)57-38-18-12-17-37(33-38)55(36-31-29-35(30-32-36)34-15-4-3-5-16-34)44-24-13-27-47-49(44)41-21-8-11-26-46(41)58-47/h3-33,50,52H,1-2H3. The zero-order chi connectivity index (χ0) is 39.0. The molecule has 11 rings (SSSR count). The summed E-state index contributed by atoms with van der Waals surface area (Å²) in [6.07, 6.45) is 0. The van der Waals surface area contributed by atoms with E-state index in [4.69, 9.17) is 20.8 Å². The molecule has 4 nitrogen and oxygen atoms in total. The highest BCUT2D eigenvalue weighted by Crippen LogP contribution is 2.65. The molecule has 5 heteroatoms. The van der Waals surface area contributed by atoms with Gasteiger partial charge < -0.3 is 19.0 Å². The third kappa shape index (κ3) is 5.36. The molecule has 0 radical (unpaired) electrons. The quantitative estimate of drug-likeness (QED) is 0.161. The van der Waals surface area contributed by atoms with E-state index >= 15 is 0 Å². The van der Waals surface area contributed by atoms with Crippen molar-refractivity contribution in [2.24, 2.45) is 0 Å². The first-order valence-electron chi connectivity index (χ1n) is 19.9. The number of halogens is 1. The number of benzene rings is 8. The van der Waals surface area contributed by atoms with E-state index in [-0.39, 0.29) is 17.4 Å². The predicted octanol–water partition coefficient (Wildman–Crippen LogP) is 15.4. The van der Waals surface area contributed by atoms with Crippen molar-refractivity contribution < 1.29 is 9.15 Å². The molecular formula is C53H39ClN2O2. The van der Waals surface area contributed by atoms with Crippen LogP contribution in [0.1, 0.15) is 42.5 Å². The fourth-order valence-corrected chi connectivity index (χ4v) is 9.97. The van der Waals surface area contributed by atoms with Gasteiger partial charge in [0.2, 0.25) is 0 Å². The average molecular weight is 771 g/mol. The summed E-state index contributed by atoms with van der Waals surface area (Å²) in [7, 11) is 0. The highest BCUT2D eigenvalue weighted by atomic mass is 35.5. The van der Waals surface area contributed by atoms with E-state index < -0.39 is 0 Å². The molecule has 0 spiro atoms. The van der Waals surface area contributed by atoms with Gasteiger partial charge in [-0.2, -0.15) is 0 Å². The molecule has 2 aliphatic rings. The van der Waals surface area contributed by atoms with Crippen LogP contribution >= 0.6 is 11.6 Å². The molecule has 9 aromatic rings. The molecule has 2 atom stereocenters. The van der Waals surface area contributed by atoms with E-state index in [2.05, 4.69) is 163 Å². The lowest BCUT2D eigenvalue weighted by Crippen LogP contribution is -2.25. The topological polar surface area (TPSA) is 28.9 Å². The number of anilines is 5. The van der Waals surface area contributed by atoms with Crippen molar-refractivity contribution in [2.75, 3.05) is 9.80 Å². The molecule has 0 fully saturated rings. The number of hydrogen-bond acceptors (Lipinski definition) is 4. The number of hydrogen-bond donors (Lipinski definition) is 0. The van der Waals surface area contributed by atoms with E-state index in [1.165, 1.54) is 27.9 Å². The number of nitrogens with zero attached hydrogens (tertiary/aromatic N) is 2. The summed E-state index contributed by atoms with van der Waals surface area (Å²) in [6.45, 7) is 4.75. The van der Waals surface area contributed by atoms with Gasteiger partial charge in [0.1, 0.15) is 27.7 Å². The van der Waals surface area contributed by atoms with Crippen molar-refractivity contribution in [1.29, 1.82) is 0 Å². The van der Waals surface area contributed by atoms with E-state index in [0.717, 1.165) is 50.3 Å². The second-order valence-corrected chi connectivity index (χ2v) is 16.2. The molecule has 58 heavy (non-hydrogen) atoms. The van der Waals surface area contributed by atoms with Crippen molar-refractivity contribution in [2.45, 2.75) is 31.2 Å². The summed E-state index contributed by atoms with van der Waals surface area (Å²) in [4.78, 5) is 4.72. The van der Waals surface area contributed by atoms with Crippen molar-refractivity contribution in [3.63, 3.8) is 0 Å². The molecular weight excluding hydrogens is 732 g/mol. The van der Waals surface area contributed by atoms with Gasteiger partial charge in [0, 0.05) is 34.4 Å². The molecule has 0 bridgehead atoms. The molecule has 0 saturated carbocycles. The summed E-state index contributed by atoms with van der Waals surface area (Å²) in [5, 5.41) is 2.69. The highest BCUT2D eigenvalue weighted by Gasteiger charge is 2.54. The maximum Gasteiger partial charge on any atom is 0.148 e. The Morgan fingerprint density at radius 1 is 0.586 bits per heavy atom. The van der Waals surface area contributed by atoms with Crippen molar-refractivity contribution in [3.05, 3.63) is 210 Å². The Labute approximate surface area is 343 Å². The van der Waals surface area contributed by atoms with Crippen molar-refractivity contribution >= 4 is 62.0 Å². The first-order chi connectivity index (χ1) is 28.5. The second-order valence-electron chi connectivity index (χ2n) is 15.8. The molecule has 1 aliphatic carbocycles. The Kier molecular flexibility index (Phi) is 7.99. The third-order valence-corrected chi connectivity index (χ3v) is 12.6. The van der Waals surface area contributed by atoms with Crippen LogP contribution in [0.2, 0.25) is 5.02 Å². The van der Waals surface area contributed by atoms with Crippen LogP contribution in [-0.4, -0.2) is 0 Å². The van der Waals surface area contributed by atoms with E-state index in [1.54, 1.807) is 0 Å². The Balaban J connectivity index is 1.01. The number of furan rings is 1. The second kappa shape index (κ2) is 13.4. The van der Waals surface area contributed by atoms with Gasteiger partial charge in [0.25, 0.3) is 0 Å². The van der Waals surface area contributed by atoms with Gasteiger partial charge in [-0.25, -0.2) is 0 Å². The molecule has 1 aromatic heterocycles. The van der Waals surface area contributed by atoms with Gasteiger partial charge in [0.15, 0.2) is 0 Å². The lowest BCUT2D eigenvalue weighted by molar-refractivity contribution is 0.420. The lowest BCUT2D eigenvalue weighted by atomic mass is 9.75. The van der Waals surface area contributed by atoms with Crippen molar-refractivity contribution in [1.82, 2.24) is 0 Å². The number of fused-ring (bicyclic) bond motifs is 8. The molecule has 2 unspecified atom stereocenters. The van der Waals surface area contributed by atoms with Crippen LogP contribution < -0.4 is 14.5 Å². The summed E-state index contributed by atoms with van der Waals surface area (Å²) in [6, 6.07) is 65.9. The minimum atomic E-state index is -0.0477. The van der Waals surface area contributed by atoms with E-state index in [9.17, 15) is 0 Å². The maximum absolute atomic E-state index is 7.47. The predicted molar refractivity (Wildman–Crippen MR) is 239 cm³/mol. The van der Waals surface area contributed by atoms with Gasteiger partial charge in [-0.1, -0.05) is 147 Å². The van der Waals surface area contributed by atoms with Gasteiger partial charge >= 0.3 is 0 Å². The van der Waals surface area contributed by atoms with Crippen LogP contribution in [0.5, 0.6) is 11.5 Å². The summed E-state index contributed by atoms with van der Waals surface area (Å²) in [5.41, 5.74) is 13.1. The first-order valence-corrected chi connectivity index (χ1v) is 20.2. The monoisotopic (exact) mass is 770 g/mol. The minimum absolute atomic E-state index is 0.0477. The normalized spacial score (nSPS) is 16.3. The van der Waals surface area contributed by atoms with Crippen LogP contribution in [0.4, 0.5) is 28.4 Å². The first kappa shape index (κ1) is 34.5. The number of para-hydroxylation sites is 2. The van der Waals surface area contributed by atoms with Gasteiger partial charge in [-0.3, -0.25) is 0 Å². The molecule has 280 valence electrons. The van der Waals surface area contributed by atoms with Crippen LogP contribution in [-0.2, 0) is 5.41 Å². The third-order valence-electron chi connectivity index (χ3n) is 12.2. The van der Waals surface area contributed by atoms with Crippen LogP contribution in [0.25, 0.3) is 33.1 Å². The number of rotatable bonds is 7. The SMILES string of the molecule is CC1(C)c2ccccc2C2C1c1ccccc1N2c1cccc(Oc2cccc(N(c3ccc(-c4ccccc4)cc3)c3cccc4oc5ccccc5c34)c2)c1Cl. The zero-order valence-electron chi connectivity index (χ0n) is 32.1. The van der Waals surface area contributed by atoms with E-state index in [1.807, 2.05) is 48.5 Å². The molecule has 1 aliphatic heterocycles. The summed E-state index contributed by atoms with van der Waals surface area (Å²) < 4.78 is 13.2. The number of ether oxygens (including phenoxy) is 1. The van der Waals surface area contributed by atoms with Crippen LogP contribution in [0, 0.1) is 0 Å². The molecule has 0 amide bonds. The fourth-order valence-electron chi connectivity index (χ4n) is 9.71. The zero-order valence-corrected chi connectivity index (χ0v) is 32.9. The van der Waals surface area contributed by atoms with Crippen LogP contribution in [0.3, 0.4) is 0 Å². The molecule has 8 aromatic carbocycles. The Morgan fingerprint density at radius 2 is 1.26 bits per heavy atom. The summed E-state index contributed by atoms with van der Waals surface area (Å²) in [5.74, 6) is 1.56. The van der Waals surface area contributed by atoms with Crippen molar-refractivity contribution in [3.8, 4) is 22.6 Å². The average Bonchev–Trinajstić information content (AvgIpc) is 3.89. The van der Waals surface area contributed by atoms with Gasteiger partial charge in [-0.15, -0.1) is 0 Å². The van der Waals surface area contributed by atoms with Gasteiger partial charge in [-0.05, 0) is 93.9 Å². The Hall–Kier alpha value is -6.75. The molecule has 0 N–H and O–H groups in total. The van der Waals surface area contributed by atoms with Gasteiger partial charge in [0.05, 0.1) is 22.8 Å². The smallest absolute Gasteiger partial charge is 0.148 e. The Bertz CT molecular complexity index is 3010. The fraction of sp³-hybridized carbons (Fsp3) is 0.0943. The largest absolute Gasteiger partial charge is 0.456 e. The Morgan fingerprint density at radius 3 is 2.12 bits per heavy atom. The lowest BCUT2D eigenvalue weighted by Gasteiger charge is -2.31.